The van der Waals surface area contributed by atoms with Crippen molar-refractivity contribution in [3.8, 4) is 0 Å². The van der Waals surface area contributed by atoms with Gasteiger partial charge in [-0.1, -0.05) is 23.2 Å². The summed E-state index contributed by atoms with van der Waals surface area (Å²) in [6.45, 7) is 3.07. The zero-order chi connectivity index (χ0) is 13.5. The predicted molar refractivity (Wildman–Crippen MR) is 75.0 cm³/mol. The van der Waals surface area contributed by atoms with Crippen LogP contribution in [0.2, 0.25) is 10.0 Å². The number of benzene rings is 1. The van der Waals surface area contributed by atoms with Crippen LogP contribution in [0.15, 0.2) is 12.1 Å². The molecule has 18 heavy (non-hydrogen) atoms. The highest BCUT2D eigenvalue weighted by Gasteiger charge is 2.39. The largest absolute Gasteiger partial charge is 0.399 e. The summed E-state index contributed by atoms with van der Waals surface area (Å²) in [6.07, 6.45) is 0.694. The summed E-state index contributed by atoms with van der Waals surface area (Å²) in [6, 6.07) is 3.31. The second-order valence-corrected chi connectivity index (χ2v) is 5.74. The first-order chi connectivity index (χ1) is 8.33. The number of carbonyl (C=O) groups is 1. The molecule has 1 amide bonds. The standard InChI is InChI=1S/C12H15Cl2N3O/c1-12(11(16)18)2-3-17(6-12)10-8(13)4-7(15)5-9(10)14/h4-5H,2-3,6,15H2,1H3,(H2,16,18). The molecule has 1 unspecified atom stereocenters. The quantitative estimate of drug-likeness (QED) is 0.820. The minimum atomic E-state index is -0.534. The normalized spacial score (nSPS) is 23.4. The molecule has 0 bridgehead atoms. The van der Waals surface area contributed by atoms with Crippen molar-refractivity contribution in [3.05, 3.63) is 22.2 Å². The van der Waals surface area contributed by atoms with E-state index in [1.807, 2.05) is 11.8 Å². The van der Waals surface area contributed by atoms with Crippen molar-refractivity contribution in [2.24, 2.45) is 11.1 Å². The third kappa shape index (κ3) is 2.22. The van der Waals surface area contributed by atoms with Crippen LogP contribution in [0.5, 0.6) is 0 Å². The Morgan fingerprint density at radius 2 is 1.94 bits per heavy atom. The molecule has 4 N–H and O–H groups in total. The summed E-state index contributed by atoms with van der Waals surface area (Å²) in [5.74, 6) is -0.298. The summed E-state index contributed by atoms with van der Waals surface area (Å²) in [4.78, 5) is 13.4. The lowest BCUT2D eigenvalue weighted by molar-refractivity contribution is -0.125. The fourth-order valence-corrected chi connectivity index (χ4v) is 2.98. The average molecular weight is 288 g/mol. The van der Waals surface area contributed by atoms with Gasteiger partial charge in [0.2, 0.25) is 5.91 Å². The Morgan fingerprint density at radius 3 is 2.39 bits per heavy atom. The fraction of sp³-hybridized carbons (Fsp3) is 0.417. The van der Waals surface area contributed by atoms with Gasteiger partial charge in [-0.2, -0.15) is 0 Å². The zero-order valence-electron chi connectivity index (χ0n) is 10.0. The number of nitrogen functional groups attached to an aromatic ring is 1. The van der Waals surface area contributed by atoms with Crippen LogP contribution in [-0.4, -0.2) is 19.0 Å². The molecule has 98 valence electrons. The van der Waals surface area contributed by atoms with E-state index in [4.69, 9.17) is 34.7 Å². The van der Waals surface area contributed by atoms with Gasteiger partial charge in [0.05, 0.1) is 21.1 Å². The van der Waals surface area contributed by atoms with E-state index in [1.165, 1.54) is 0 Å². The molecule has 1 aliphatic rings. The van der Waals surface area contributed by atoms with Gasteiger partial charge < -0.3 is 16.4 Å². The number of anilines is 2. The van der Waals surface area contributed by atoms with E-state index in [0.29, 0.717) is 35.2 Å². The van der Waals surface area contributed by atoms with Gasteiger partial charge in [-0.05, 0) is 25.5 Å². The lowest BCUT2D eigenvalue weighted by Crippen LogP contribution is -2.37. The Kier molecular flexibility index (Phi) is 3.34. The highest BCUT2D eigenvalue weighted by Crippen LogP contribution is 2.41. The molecule has 0 radical (unpaired) electrons. The van der Waals surface area contributed by atoms with Crippen molar-refractivity contribution in [1.29, 1.82) is 0 Å². The summed E-state index contributed by atoms with van der Waals surface area (Å²) in [5.41, 5.74) is 11.8. The third-order valence-electron chi connectivity index (χ3n) is 3.42. The van der Waals surface area contributed by atoms with Crippen molar-refractivity contribution >= 4 is 40.5 Å². The minimum Gasteiger partial charge on any atom is -0.399 e. The lowest BCUT2D eigenvalue weighted by Gasteiger charge is -2.24. The van der Waals surface area contributed by atoms with Crippen LogP contribution in [0.1, 0.15) is 13.3 Å². The number of hydrogen-bond donors (Lipinski definition) is 2. The lowest BCUT2D eigenvalue weighted by atomic mass is 9.89. The highest BCUT2D eigenvalue weighted by molar-refractivity contribution is 6.39. The second kappa shape index (κ2) is 4.52. The first kappa shape index (κ1) is 13.3. The number of nitrogens with zero attached hydrogens (tertiary/aromatic N) is 1. The van der Waals surface area contributed by atoms with Crippen LogP contribution in [0.3, 0.4) is 0 Å². The molecule has 0 spiro atoms. The van der Waals surface area contributed by atoms with Gasteiger partial charge in [-0.3, -0.25) is 4.79 Å². The number of hydrogen-bond acceptors (Lipinski definition) is 3. The summed E-state index contributed by atoms with van der Waals surface area (Å²) in [7, 11) is 0. The first-order valence-electron chi connectivity index (χ1n) is 5.63. The molecule has 1 saturated heterocycles. The zero-order valence-corrected chi connectivity index (χ0v) is 11.6. The first-order valence-corrected chi connectivity index (χ1v) is 6.38. The molecular formula is C12H15Cl2N3O. The molecule has 2 rings (SSSR count). The molecule has 0 aromatic heterocycles. The molecule has 1 atom stereocenters. The SMILES string of the molecule is CC1(C(N)=O)CCN(c2c(Cl)cc(N)cc2Cl)C1. The summed E-state index contributed by atoms with van der Waals surface area (Å²) < 4.78 is 0. The van der Waals surface area contributed by atoms with Crippen molar-refractivity contribution in [3.63, 3.8) is 0 Å². The second-order valence-electron chi connectivity index (χ2n) is 4.93. The molecule has 0 saturated carbocycles. The molecule has 6 heteroatoms. The molecular weight excluding hydrogens is 273 g/mol. The number of carbonyl (C=O) groups excluding carboxylic acids is 1. The van der Waals surface area contributed by atoms with Crippen LogP contribution in [0.4, 0.5) is 11.4 Å². The van der Waals surface area contributed by atoms with Crippen LogP contribution < -0.4 is 16.4 Å². The number of amides is 1. The van der Waals surface area contributed by atoms with Crippen LogP contribution in [0, 0.1) is 5.41 Å². The van der Waals surface area contributed by atoms with Crippen molar-refractivity contribution in [2.45, 2.75) is 13.3 Å². The van der Waals surface area contributed by atoms with Crippen LogP contribution >= 0.6 is 23.2 Å². The van der Waals surface area contributed by atoms with E-state index in [-0.39, 0.29) is 5.91 Å². The number of rotatable bonds is 2. The molecule has 1 heterocycles. The van der Waals surface area contributed by atoms with Gasteiger partial charge in [-0.25, -0.2) is 0 Å². The topological polar surface area (TPSA) is 72.4 Å². The molecule has 1 aliphatic heterocycles. The van der Waals surface area contributed by atoms with Gasteiger partial charge in [0.25, 0.3) is 0 Å². The number of nitrogens with two attached hydrogens (primary N) is 2. The maximum Gasteiger partial charge on any atom is 0.225 e. The molecule has 4 nitrogen and oxygen atoms in total. The average Bonchev–Trinajstić information content (AvgIpc) is 2.60. The van der Waals surface area contributed by atoms with Crippen molar-refractivity contribution in [2.75, 3.05) is 23.7 Å². The van der Waals surface area contributed by atoms with Gasteiger partial charge in [0.1, 0.15) is 0 Å². The van der Waals surface area contributed by atoms with E-state index >= 15 is 0 Å². The van der Waals surface area contributed by atoms with E-state index in [1.54, 1.807) is 12.1 Å². The van der Waals surface area contributed by atoms with Crippen LogP contribution in [0.25, 0.3) is 0 Å². The maximum absolute atomic E-state index is 11.4. The molecule has 0 aliphatic carbocycles. The molecule has 1 aromatic carbocycles. The molecule has 1 fully saturated rings. The monoisotopic (exact) mass is 287 g/mol. The summed E-state index contributed by atoms with van der Waals surface area (Å²) >= 11 is 12.3. The smallest absolute Gasteiger partial charge is 0.225 e. The number of halogens is 2. The van der Waals surface area contributed by atoms with Crippen LogP contribution in [-0.2, 0) is 4.79 Å². The van der Waals surface area contributed by atoms with Crippen molar-refractivity contribution < 1.29 is 4.79 Å². The van der Waals surface area contributed by atoms with E-state index < -0.39 is 5.41 Å². The Balaban J connectivity index is 2.33. The Hall–Kier alpha value is -1.13. The van der Waals surface area contributed by atoms with E-state index in [9.17, 15) is 4.79 Å². The fourth-order valence-electron chi connectivity index (χ4n) is 2.24. The summed E-state index contributed by atoms with van der Waals surface area (Å²) in [5, 5.41) is 0.988. The Bertz CT molecular complexity index is 483. The molecule has 1 aromatic rings. The Labute approximate surface area is 116 Å². The Morgan fingerprint density at radius 1 is 1.39 bits per heavy atom. The predicted octanol–water partition coefficient (Wildman–Crippen LogP) is 2.28. The van der Waals surface area contributed by atoms with Gasteiger partial charge >= 0.3 is 0 Å². The maximum atomic E-state index is 11.4. The van der Waals surface area contributed by atoms with Gasteiger partial charge in [0.15, 0.2) is 0 Å². The van der Waals surface area contributed by atoms with E-state index in [0.717, 1.165) is 5.69 Å². The minimum absolute atomic E-state index is 0.298. The van der Waals surface area contributed by atoms with Gasteiger partial charge in [0, 0.05) is 18.8 Å². The highest BCUT2D eigenvalue weighted by atomic mass is 35.5. The number of primary amides is 1. The third-order valence-corrected chi connectivity index (χ3v) is 4.00. The van der Waals surface area contributed by atoms with Crippen molar-refractivity contribution in [1.82, 2.24) is 0 Å². The van der Waals surface area contributed by atoms with Gasteiger partial charge in [-0.15, -0.1) is 0 Å². The van der Waals surface area contributed by atoms with E-state index in [2.05, 4.69) is 0 Å².